The van der Waals surface area contributed by atoms with Crippen molar-refractivity contribution in [3.63, 3.8) is 0 Å². The molecule has 0 radical (unpaired) electrons. The first-order valence-electron chi connectivity index (χ1n) is 9.30. The van der Waals surface area contributed by atoms with E-state index in [1.165, 1.54) is 42.2 Å². The maximum atomic E-state index is 12.7. The monoisotopic (exact) mass is 373 g/mol. The van der Waals surface area contributed by atoms with Gasteiger partial charge in [0.25, 0.3) is 5.22 Å². The number of hydrogen-bond donors (Lipinski definition) is 0. The molecule has 1 amide bonds. The number of benzene rings is 1. The van der Waals surface area contributed by atoms with E-state index in [2.05, 4.69) is 24.0 Å². The predicted octanol–water partition coefficient (Wildman–Crippen LogP) is 4.63. The van der Waals surface area contributed by atoms with E-state index in [-0.39, 0.29) is 11.2 Å². The Morgan fingerprint density at radius 2 is 1.92 bits per heavy atom. The molecule has 1 aliphatic rings. The minimum atomic E-state index is -0.241. The molecule has 0 aliphatic heterocycles. The van der Waals surface area contributed by atoms with Crippen molar-refractivity contribution >= 4 is 17.7 Å². The van der Waals surface area contributed by atoms with E-state index in [4.69, 9.17) is 4.42 Å². The van der Waals surface area contributed by atoms with E-state index in [1.807, 2.05) is 37.1 Å². The number of rotatable bonds is 5. The second-order valence-electron chi connectivity index (χ2n) is 7.17. The summed E-state index contributed by atoms with van der Waals surface area (Å²) in [7, 11) is 1.92. The molecule has 1 aromatic carbocycles. The number of thioether (sulfide) groups is 1. The van der Waals surface area contributed by atoms with Gasteiger partial charge in [0.15, 0.2) is 0 Å². The maximum absolute atomic E-state index is 12.7. The molecule has 1 aliphatic carbocycles. The van der Waals surface area contributed by atoms with E-state index in [9.17, 15) is 4.79 Å². The summed E-state index contributed by atoms with van der Waals surface area (Å²) in [6, 6.07) is 6.44. The maximum Gasteiger partial charge on any atom is 0.277 e. The largest absolute Gasteiger partial charge is 0.411 e. The van der Waals surface area contributed by atoms with Crippen LogP contribution in [0.15, 0.2) is 27.8 Å². The van der Waals surface area contributed by atoms with Gasteiger partial charge >= 0.3 is 0 Å². The molecule has 0 N–H and O–H groups in total. The highest BCUT2D eigenvalue weighted by molar-refractivity contribution is 8.00. The molecule has 140 valence electrons. The third-order valence-corrected chi connectivity index (χ3v) is 6.18. The van der Waals surface area contributed by atoms with E-state index >= 15 is 0 Å². The lowest BCUT2D eigenvalue weighted by atomic mass is 9.94. The molecule has 0 spiro atoms. The lowest BCUT2D eigenvalue weighted by molar-refractivity contribution is -0.131. The van der Waals surface area contributed by atoms with Crippen LogP contribution in [-0.4, -0.2) is 39.3 Å². The standard InChI is InChI=1S/C20H27N3O2S/c1-13-10-11-16(12-14(13)2)18-21-22-20(25-18)26-15(3)19(24)23(4)17-8-6-5-7-9-17/h10-12,15,17H,5-9H2,1-4H3/t15-/m1/s1. The summed E-state index contributed by atoms with van der Waals surface area (Å²) in [5, 5.41) is 8.46. The third-order valence-electron chi connectivity index (χ3n) is 5.26. The van der Waals surface area contributed by atoms with Crippen LogP contribution in [0.25, 0.3) is 11.5 Å². The highest BCUT2D eigenvalue weighted by Crippen LogP contribution is 2.29. The van der Waals surface area contributed by atoms with Gasteiger partial charge in [-0.2, -0.15) is 0 Å². The molecule has 1 aromatic heterocycles. The molecule has 1 atom stereocenters. The highest BCUT2D eigenvalue weighted by atomic mass is 32.2. The molecular weight excluding hydrogens is 346 g/mol. The molecule has 26 heavy (non-hydrogen) atoms. The molecular formula is C20H27N3O2S. The first-order chi connectivity index (χ1) is 12.5. The topological polar surface area (TPSA) is 59.2 Å². The van der Waals surface area contributed by atoms with E-state index in [0.29, 0.717) is 17.2 Å². The number of aryl methyl sites for hydroxylation is 2. The van der Waals surface area contributed by atoms with Crippen LogP contribution in [0.3, 0.4) is 0 Å². The summed E-state index contributed by atoms with van der Waals surface area (Å²) >= 11 is 1.34. The van der Waals surface area contributed by atoms with Crippen LogP contribution in [0.4, 0.5) is 0 Å². The summed E-state index contributed by atoms with van der Waals surface area (Å²) < 4.78 is 5.78. The van der Waals surface area contributed by atoms with Crippen LogP contribution in [0, 0.1) is 13.8 Å². The molecule has 1 heterocycles. The summed E-state index contributed by atoms with van der Waals surface area (Å²) in [5.41, 5.74) is 3.33. The fraction of sp³-hybridized carbons (Fsp3) is 0.550. The van der Waals surface area contributed by atoms with Crippen LogP contribution < -0.4 is 0 Å². The Labute approximate surface area is 159 Å². The second-order valence-corrected chi connectivity index (χ2v) is 8.47. The van der Waals surface area contributed by atoms with Crippen LogP contribution in [0.5, 0.6) is 0 Å². The number of carbonyl (C=O) groups is 1. The van der Waals surface area contributed by atoms with Gasteiger partial charge in [-0.1, -0.05) is 37.1 Å². The van der Waals surface area contributed by atoms with Crippen LogP contribution >= 0.6 is 11.8 Å². The molecule has 0 bridgehead atoms. The van der Waals surface area contributed by atoms with Gasteiger partial charge < -0.3 is 9.32 Å². The molecule has 0 unspecified atom stereocenters. The van der Waals surface area contributed by atoms with Crippen LogP contribution in [0.1, 0.15) is 50.2 Å². The fourth-order valence-corrected chi connectivity index (χ4v) is 4.17. The van der Waals surface area contributed by atoms with Crippen molar-refractivity contribution in [1.29, 1.82) is 0 Å². The van der Waals surface area contributed by atoms with E-state index in [0.717, 1.165) is 18.4 Å². The lowest BCUT2D eigenvalue weighted by Gasteiger charge is -2.32. The van der Waals surface area contributed by atoms with Crippen molar-refractivity contribution in [1.82, 2.24) is 15.1 Å². The van der Waals surface area contributed by atoms with E-state index < -0.39 is 0 Å². The zero-order chi connectivity index (χ0) is 18.7. The van der Waals surface area contributed by atoms with Gasteiger partial charge in [0, 0.05) is 18.7 Å². The Hall–Kier alpha value is -1.82. The van der Waals surface area contributed by atoms with Gasteiger partial charge in [0.05, 0.1) is 5.25 Å². The normalized spacial score (nSPS) is 16.5. The number of nitrogens with zero attached hydrogens (tertiary/aromatic N) is 3. The summed E-state index contributed by atoms with van der Waals surface area (Å²) in [6.07, 6.45) is 5.93. The van der Waals surface area contributed by atoms with Crippen LogP contribution in [-0.2, 0) is 4.79 Å². The summed E-state index contributed by atoms with van der Waals surface area (Å²) in [6.45, 7) is 6.04. The molecule has 3 rings (SSSR count). The number of carbonyl (C=O) groups excluding carboxylic acids is 1. The third kappa shape index (κ3) is 4.29. The summed E-state index contributed by atoms with van der Waals surface area (Å²) in [4.78, 5) is 14.6. The number of amides is 1. The molecule has 5 nitrogen and oxygen atoms in total. The first kappa shape index (κ1) is 19.0. The second kappa shape index (κ2) is 8.25. The van der Waals surface area contributed by atoms with Crippen molar-refractivity contribution in [2.75, 3.05) is 7.05 Å². The van der Waals surface area contributed by atoms with Gasteiger partial charge in [0.2, 0.25) is 11.8 Å². The first-order valence-corrected chi connectivity index (χ1v) is 10.2. The Morgan fingerprint density at radius 1 is 1.19 bits per heavy atom. The Morgan fingerprint density at radius 3 is 2.62 bits per heavy atom. The number of hydrogen-bond acceptors (Lipinski definition) is 5. The highest BCUT2D eigenvalue weighted by Gasteiger charge is 2.27. The van der Waals surface area contributed by atoms with Crippen LogP contribution in [0.2, 0.25) is 0 Å². The molecule has 2 aromatic rings. The molecule has 1 fully saturated rings. The molecule has 6 heteroatoms. The van der Waals surface area contributed by atoms with Crippen molar-refractivity contribution < 1.29 is 9.21 Å². The minimum absolute atomic E-state index is 0.132. The van der Waals surface area contributed by atoms with Gasteiger partial charge in [-0.15, -0.1) is 10.2 Å². The smallest absolute Gasteiger partial charge is 0.277 e. The van der Waals surface area contributed by atoms with Gasteiger partial charge in [-0.25, -0.2) is 0 Å². The Kier molecular flexibility index (Phi) is 6.01. The van der Waals surface area contributed by atoms with Crippen molar-refractivity contribution in [3.8, 4) is 11.5 Å². The zero-order valence-corrected chi connectivity index (χ0v) is 16.8. The van der Waals surface area contributed by atoms with Gasteiger partial charge in [-0.3, -0.25) is 4.79 Å². The van der Waals surface area contributed by atoms with Gasteiger partial charge in [0.1, 0.15) is 0 Å². The Bertz CT molecular complexity index is 768. The SMILES string of the molecule is Cc1ccc(-c2nnc(S[C@H](C)C(=O)N(C)C3CCCCC3)o2)cc1C. The lowest BCUT2D eigenvalue weighted by Crippen LogP contribution is -2.42. The predicted molar refractivity (Wildman–Crippen MR) is 104 cm³/mol. The minimum Gasteiger partial charge on any atom is -0.411 e. The van der Waals surface area contributed by atoms with Crippen molar-refractivity contribution in [2.45, 2.75) is 69.4 Å². The average Bonchev–Trinajstić information content (AvgIpc) is 3.12. The average molecular weight is 374 g/mol. The van der Waals surface area contributed by atoms with Gasteiger partial charge in [-0.05, 0) is 56.9 Å². The summed E-state index contributed by atoms with van der Waals surface area (Å²) in [5.74, 6) is 0.628. The molecule has 1 saturated carbocycles. The zero-order valence-electron chi connectivity index (χ0n) is 16.0. The van der Waals surface area contributed by atoms with Crippen molar-refractivity contribution in [2.24, 2.45) is 0 Å². The Balaban J connectivity index is 1.64. The fourth-order valence-electron chi connectivity index (χ4n) is 3.39. The van der Waals surface area contributed by atoms with Crippen molar-refractivity contribution in [3.05, 3.63) is 29.3 Å². The number of aromatic nitrogens is 2. The van der Waals surface area contributed by atoms with E-state index in [1.54, 1.807) is 0 Å². The molecule has 0 saturated heterocycles. The quantitative estimate of drug-likeness (QED) is 0.716.